The number of carbonyl (C=O) groups is 1. The Hall–Kier alpha value is -3.26. The van der Waals surface area contributed by atoms with Gasteiger partial charge in [0.05, 0.1) is 12.9 Å². The number of thioether (sulfide) groups is 1. The molecule has 136 valence electrons. The van der Waals surface area contributed by atoms with E-state index in [0.29, 0.717) is 22.5 Å². The minimum Gasteiger partial charge on any atom is -0.497 e. The van der Waals surface area contributed by atoms with Crippen molar-refractivity contribution in [1.29, 1.82) is 0 Å². The SMILES string of the molecule is COc1ccc2cc(-c3ccc(-c4nc(SCC(=O)O)n[nH]4)o3)ccc2c1. The Labute approximate surface area is 158 Å². The molecular weight excluding hydrogens is 366 g/mol. The predicted molar refractivity (Wildman–Crippen MR) is 102 cm³/mol. The van der Waals surface area contributed by atoms with Gasteiger partial charge in [-0.05, 0) is 41.1 Å². The molecule has 27 heavy (non-hydrogen) atoms. The van der Waals surface area contributed by atoms with Gasteiger partial charge in [-0.15, -0.1) is 5.10 Å². The molecule has 0 amide bonds. The van der Waals surface area contributed by atoms with E-state index in [1.807, 2.05) is 42.5 Å². The zero-order valence-corrected chi connectivity index (χ0v) is 15.1. The molecule has 0 aliphatic carbocycles. The summed E-state index contributed by atoms with van der Waals surface area (Å²) >= 11 is 1.05. The number of hydrogen-bond donors (Lipinski definition) is 2. The van der Waals surface area contributed by atoms with Crippen LogP contribution in [0.2, 0.25) is 0 Å². The summed E-state index contributed by atoms with van der Waals surface area (Å²) < 4.78 is 11.2. The van der Waals surface area contributed by atoms with Crippen molar-refractivity contribution >= 4 is 28.5 Å². The van der Waals surface area contributed by atoms with Crippen LogP contribution in [0, 0.1) is 0 Å². The number of carboxylic acid groups (broad SMARTS) is 1. The number of aromatic amines is 1. The van der Waals surface area contributed by atoms with Crippen LogP contribution in [-0.2, 0) is 4.79 Å². The lowest BCUT2D eigenvalue weighted by Gasteiger charge is -2.04. The second kappa shape index (κ2) is 7.16. The second-order valence-electron chi connectivity index (χ2n) is 5.74. The molecule has 0 aliphatic rings. The highest BCUT2D eigenvalue weighted by Crippen LogP contribution is 2.30. The number of carboxylic acids is 1. The van der Waals surface area contributed by atoms with Gasteiger partial charge < -0.3 is 14.3 Å². The first-order valence-electron chi connectivity index (χ1n) is 8.08. The van der Waals surface area contributed by atoms with E-state index in [2.05, 4.69) is 15.2 Å². The Morgan fingerprint density at radius 1 is 1.15 bits per heavy atom. The summed E-state index contributed by atoms with van der Waals surface area (Å²) in [4.78, 5) is 14.9. The van der Waals surface area contributed by atoms with Crippen molar-refractivity contribution in [2.75, 3.05) is 12.9 Å². The van der Waals surface area contributed by atoms with Gasteiger partial charge >= 0.3 is 5.97 Å². The number of ether oxygens (including phenoxy) is 1. The molecular formula is C19H15N3O4S. The Kier molecular flexibility index (Phi) is 4.55. The monoisotopic (exact) mass is 381 g/mol. The molecule has 2 aromatic carbocycles. The van der Waals surface area contributed by atoms with Gasteiger partial charge in [-0.3, -0.25) is 9.89 Å². The third-order valence-corrected chi connectivity index (χ3v) is 4.79. The van der Waals surface area contributed by atoms with Crippen LogP contribution in [-0.4, -0.2) is 39.1 Å². The van der Waals surface area contributed by atoms with Crippen LogP contribution in [0.3, 0.4) is 0 Å². The summed E-state index contributed by atoms with van der Waals surface area (Å²) in [5.74, 6) is 1.51. The molecule has 0 saturated heterocycles. The lowest BCUT2D eigenvalue weighted by Crippen LogP contribution is -1.97. The van der Waals surface area contributed by atoms with Gasteiger partial charge in [-0.25, -0.2) is 0 Å². The lowest BCUT2D eigenvalue weighted by atomic mass is 10.1. The number of methoxy groups -OCH3 is 1. The van der Waals surface area contributed by atoms with Gasteiger partial charge in [-0.2, -0.15) is 4.98 Å². The lowest BCUT2D eigenvalue weighted by molar-refractivity contribution is -0.133. The number of aliphatic carboxylic acids is 1. The van der Waals surface area contributed by atoms with E-state index in [4.69, 9.17) is 14.3 Å². The van der Waals surface area contributed by atoms with E-state index in [1.54, 1.807) is 13.2 Å². The molecule has 0 fully saturated rings. The number of rotatable bonds is 6. The largest absolute Gasteiger partial charge is 0.497 e. The summed E-state index contributed by atoms with van der Waals surface area (Å²) in [6, 6.07) is 15.6. The molecule has 0 bridgehead atoms. The Balaban J connectivity index is 1.59. The smallest absolute Gasteiger partial charge is 0.313 e. The van der Waals surface area contributed by atoms with Crippen molar-refractivity contribution < 1.29 is 19.1 Å². The first-order valence-corrected chi connectivity index (χ1v) is 9.06. The maximum atomic E-state index is 10.6. The molecule has 0 atom stereocenters. The summed E-state index contributed by atoms with van der Waals surface area (Å²) in [6.45, 7) is 0. The number of furan rings is 1. The maximum absolute atomic E-state index is 10.6. The average molecular weight is 381 g/mol. The molecule has 0 unspecified atom stereocenters. The normalized spacial score (nSPS) is 11.0. The summed E-state index contributed by atoms with van der Waals surface area (Å²) in [5.41, 5.74) is 0.943. The van der Waals surface area contributed by atoms with Crippen molar-refractivity contribution in [3.8, 4) is 28.7 Å². The quantitative estimate of drug-likeness (QED) is 0.485. The molecule has 4 aromatic rings. The van der Waals surface area contributed by atoms with Crippen molar-refractivity contribution in [3.63, 3.8) is 0 Å². The van der Waals surface area contributed by atoms with Crippen LogP contribution in [0.5, 0.6) is 5.75 Å². The minimum absolute atomic E-state index is 0.0947. The van der Waals surface area contributed by atoms with E-state index < -0.39 is 5.97 Å². The molecule has 7 nitrogen and oxygen atoms in total. The summed E-state index contributed by atoms with van der Waals surface area (Å²) in [7, 11) is 1.65. The van der Waals surface area contributed by atoms with Crippen LogP contribution in [0.1, 0.15) is 0 Å². The third kappa shape index (κ3) is 3.65. The van der Waals surface area contributed by atoms with Crippen LogP contribution in [0.15, 0.2) is 58.1 Å². The number of nitrogens with zero attached hydrogens (tertiary/aromatic N) is 2. The highest BCUT2D eigenvalue weighted by atomic mass is 32.2. The first kappa shape index (κ1) is 17.2. The van der Waals surface area contributed by atoms with Gasteiger partial charge in [0.1, 0.15) is 11.5 Å². The molecule has 0 radical (unpaired) electrons. The Morgan fingerprint density at radius 2 is 1.93 bits per heavy atom. The molecule has 4 rings (SSSR count). The molecule has 0 spiro atoms. The van der Waals surface area contributed by atoms with Gasteiger partial charge in [0.15, 0.2) is 11.6 Å². The van der Waals surface area contributed by atoms with Gasteiger partial charge in [-0.1, -0.05) is 30.0 Å². The van der Waals surface area contributed by atoms with Crippen LogP contribution in [0.25, 0.3) is 33.7 Å². The summed E-state index contributed by atoms with van der Waals surface area (Å²) in [5, 5.41) is 18.0. The van der Waals surface area contributed by atoms with Gasteiger partial charge in [0.25, 0.3) is 0 Å². The molecule has 8 heteroatoms. The minimum atomic E-state index is -0.916. The fraction of sp³-hybridized carbons (Fsp3) is 0.105. The third-order valence-electron chi connectivity index (χ3n) is 3.96. The van der Waals surface area contributed by atoms with Crippen molar-refractivity contribution in [2.24, 2.45) is 0 Å². The molecule has 0 aliphatic heterocycles. The van der Waals surface area contributed by atoms with Crippen LogP contribution < -0.4 is 4.74 Å². The Bertz CT molecular complexity index is 1120. The van der Waals surface area contributed by atoms with E-state index in [1.165, 1.54) is 0 Å². The molecule has 2 N–H and O–H groups in total. The average Bonchev–Trinajstić information content (AvgIpc) is 3.35. The first-order chi connectivity index (χ1) is 13.1. The van der Waals surface area contributed by atoms with E-state index in [0.717, 1.165) is 33.8 Å². The topological polar surface area (TPSA) is 101 Å². The van der Waals surface area contributed by atoms with Gasteiger partial charge in [0.2, 0.25) is 5.16 Å². The number of nitrogens with one attached hydrogen (secondary N) is 1. The van der Waals surface area contributed by atoms with E-state index in [-0.39, 0.29) is 5.75 Å². The highest BCUT2D eigenvalue weighted by Gasteiger charge is 2.13. The van der Waals surface area contributed by atoms with Crippen molar-refractivity contribution in [2.45, 2.75) is 5.16 Å². The van der Waals surface area contributed by atoms with Crippen molar-refractivity contribution in [3.05, 3.63) is 48.5 Å². The second-order valence-corrected chi connectivity index (χ2v) is 6.68. The highest BCUT2D eigenvalue weighted by molar-refractivity contribution is 7.99. The number of H-pyrrole nitrogens is 1. The zero-order valence-electron chi connectivity index (χ0n) is 14.3. The maximum Gasteiger partial charge on any atom is 0.313 e. The fourth-order valence-corrected chi connectivity index (χ4v) is 3.19. The van der Waals surface area contributed by atoms with E-state index >= 15 is 0 Å². The van der Waals surface area contributed by atoms with Crippen LogP contribution >= 0.6 is 11.8 Å². The standard InChI is InChI=1S/C19H15N3O4S/c1-25-14-5-4-11-8-13(3-2-12(11)9-14)15-6-7-16(26-15)18-20-19(22-21-18)27-10-17(23)24/h2-9H,10H2,1H3,(H,23,24)(H,20,21,22). The number of benzene rings is 2. The Morgan fingerprint density at radius 3 is 2.74 bits per heavy atom. The summed E-state index contributed by atoms with van der Waals surface area (Å²) in [6.07, 6.45) is 0. The molecule has 2 heterocycles. The number of fused-ring (bicyclic) bond motifs is 1. The molecule has 0 saturated carbocycles. The predicted octanol–water partition coefficient (Wildman–Crippen LogP) is 4.07. The fourth-order valence-electron chi connectivity index (χ4n) is 2.67. The zero-order chi connectivity index (χ0) is 18.8. The van der Waals surface area contributed by atoms with E-state index in [9.17, 15) is 4.79 Å². The number of hydrogen-bond acceptors (Lipinski definition) is 6. The van der Waals surface area contributed by atoms with Gasteiger partial charge in [0, 0.05) is 5.56 Å². The van der Waals surface area contributed by atoms with Crippen LogP contribution in [0.4, 0.5) is 0 Å². The number of aromatic nitrogens is 3. The molecule has 2 aromatic heterocycles. The van der Waals surface area contributed by atoms with Crippen molar-refractivity contribution in [1.82, 2.24) is 15.2 Å².